The lowest BCUT2D eigenvalue weighted by Crippen LogP contribution is -2.32. The van der Waals surface area contributed by atoms with Crippen molar-refractivity contribution in [2.75, 3.05) is 29.9 Å². The molecule has 0 unspecified atom stereocenters. The molecular formula is C29H25BrF3N3O2. The SMILES string of the molecule is O=C(COc1cc(C(F)(F)F)nc2ccc(Br)cc12)Nc1ccc(N2CCC(c3ccccc3)CC2)cc1. The van der Waals surface area contributed by atoms with Gasteiger partial charge in [-0.15, -0.1) is 0 Å². The molecule has 3 aromatic carbocycles. The van der Waals surface area contributed by atoms with Crippen LogP contribution in [0.15, 0.2) is 83.3 Å². The number of nitrogens with one attached hydrogen (secondary N) is 1. The zero-order valence-electron chi connectivity index (χ0n) is 20.3. The maximum absolute atomic E-state index is 13.3. The van der Waals surface area contributed by atoms with E-state index >= 15 is 0 Å². The Morgan fingerprint density at radius 2 is 1.71 bits per heavy atom. The Balaban J connectivity index is 1.19. The molecule has 196 valence electrons. The molecule has 1 saturated heterocycles. The van der Waals surface area contributed by atoms with Crippen molar-refractivity contribution in [3.8, 4) is 5.75 Å². The summed E-state index contributed by atoms with van der Waals surface area (Å²) in [5.41, 5.74) is 2.10. The molecule has 5 nitrogen and oxygen atoms in total. The molecule has 1 aromatic heterocycles. The van der Waals surface area contributed by atoms with Crippen LogP contribution in [0.5, 0.6) is 5.75 Å². The summed E-state index contributed by atoms with van der Waals surface area (Å²) in [7, 11) is 0. The highest BCUT2D eigenvalue weighted by Crippen LogP contribution is 2.35. The smallest absolute Gasteiger partial charge is 0.433 e. The summed E-state index contributed by atoms with van der Waals surface area (Å²) in [6.45, 7) is 1.46. The minimum absolute atomic E-state index is 0.0620. The van der Waals surface area contributed by atoms with Crippen LogP contribution in [0.3, 0.4) is 0 Å². The van der Waals surface area contributed by atoms with E-state index in [4.69, 9.17) is 4.74 Å². The molecule has 9 heteroatoms. The van der Waals surface area contributed by atoms with E-state index in [1.54, 1.807) is 12.1 Å². The highest BCUT2D eigenvalue weighted by Gasteiger charge is 2.33. The van der Waals surface area contributed by atoms with E-state index in [-0.39, 0.29) is 11.3 Å². The van der Waals surface area contributed by atoms with Crippen LogP contribution in [0, 0.1) is 0 Å². The molecule has 0 saturated carbocycles. The fourth-order valence-corrected chi connectivity index (χ4v) is 5.08. The third kappa shape index (κ3) is 6.10. The summed E-state index contributed by atoms with van der Waals surface area (Å²) in [6.07, 6.45) is -2.48. The summed E-state index contributed by atoms with van der Waals surface area (Å²) in [6, 6.07) is 23.6. The van der Waals surface area contributed by atoms with Crippen LogP contribution in [-0.4, -0.2) is 30.6 Å². The molecule has 0 spiro atoms. The fraction of sp³-hybridized carbons (Fsp3) is 0.241. The van der Waals surface area contributed by atoms with Gasteiger partial charge in [-0.1, -0.05) is 46.3 Å². The molecule has 0 radical (unpaired) electrons. The van der Waals surface area contributed by atoms with E-state index in [9.17, 15) is 18.0 Å². The second kappa shape index (κ2) is 11.0. The lowest BCUT2D eigenvalue weighted by molar-refractivity contribution is -0.141. The van der Waals surface area contributed by atoms with Gasteiger partial charge in [0.05, 0.1) is 5.52 Å². The molecule has 0 atom stereocenters. The number of aromatic nitrogens is 1. The summed E-state index contributed by atoms with van der Waals surface area (Å²) in [5.74, 6) is 0.0276. The first-order valence-corrected chi connectivity index (χ1v) is 13.1. The van der Waals surface area contributed by atoms with Gasteiger partial charge in [0, 0.05) is 40.4 Å². The Labute approximate surface area is 226 Å². The topological polar surface area (TPSA) is 54.5 Å². The molecule has 38 heavy (non-hydrogen) atoms. The van der Waals surface area contributed by atoms with E-state index < -0.39 is 24.4 Å². The van der Waals surface area contributed by atoms with Gasteiger partial charge in [-0.25, -0.2) is 4.98 Å². The summed E-state index contributed by atoms with van der Waals surface area (Å²) in [5, 5.41) is 3.12. The number of piperidine rings is 1. The number of hydrogen-bond donors (Lipinski definition) is 1. The number of alkyl halides is 3. The van der Waals surface area contributed by atoms with E-state index in [0.29, 0.717) is 21.5 Å². The first-order valence-electron chi connectivity index (χ1n) is 12.3. The Bertz CT molecular complexity index is 1420. The largest absolute Gasteiger partial charge is 0.483 e. The van der Waals surface area contributed by atoms with Crippen molar-refractivity contribution in [3.05, 3.63) is 94.6 Å². The molecule has 1 fully saturated rings. The van der Waals surface area contributed by atoms with E-state index in [2.05, 4.69) is 55.4 Å². The molecule has 1 N–H and O–H groups in total. The van der Waals surface area contributed by atoms with Crippen molar-refractivity contribution in [2.24, 2.45) is 0 Å². The molecule has 1 aliphatic heterocycles. The van der Waals surface area contributed by atoms with Crippen molar-refractivity contribution in [3.63, 3.8) is 0 Å². The van der Waals surface area contributed by atoms with Gasteiger partial charge in [0.25, 0.3) is 5.91 Å². The first-order chi connectivity index (χ1) is 18.3. The second-order valence-corrected chi connectivity index (χ2v) is 10.1. The number of carbonyl (C=O) groups is 1. The maximum atomic E-state index is 13.3. The lowest BCUT2D eigenvalue weighted by Gasteiger charge is -2.34. The number of halogens is 4. The number of carbonyl (C=O) groups excluding carboxylic acids is 1. The predicted octanol–water partition coefficient (Wildman–Crippen LogP) is 7.42. The van der Waals surface area contributed by atoms with Crippen LogP contribution in [0.4, 0.5) is 24.5 Å². The third-order valence-electron chi connectivity index (χ3n) is 6.66. The van der Waals surface area contributed by atoms with Crippen molar-refractivity contribution in [1.82, 2.24) is 4.98 Å². The van der Waals surface area contributed by atoms with Crippen LogP contribution in [0.2, 0.25) is 0 Å². The zero-order chi connectivity index (χ0) is 26.7. The number of pyridine rings is 1. The number of fused-ring (bicyclic) bond motifs is 1. The molecule has 4 aromatic rings. The van der Waals surface area contributed by atoms with Crippen molar-refractivity contribution >= 4 is 44.1 Å². The summed E-state index contributed by atoms with van der Waals surface area (Å²) >= 11 is 3.31. The molecule has 1 aliphatic rings. The maximum Gasteiger partial charge on any atom is 0.433 e. The Morgan fingerprint density at radius 1 is 1.00 bits per heavy atom. The van der Waals surface area contributed by atoms with Crippen LogP contribution in [-0.2, 0) is 11.0 Å². The van der Waals surface area contributed by atoms with E-state index in [1.807, 2.05) is 30.3 Å². The Kier molecular flexibility index (Phi) is 7.56. The van der Waals surface area contributed by atoms with Crippen LogP contribution in [0.25, 0.3) is 10.9 Å². The molecule has 5 rings (SSSR count). The van der Waals surface area contributed by atoms with Gasteiger partial charge in [0.2, 0.25) is 0 Å². The van der Waals surface area contributed by atoms with Crippen molar-refractivity contribution in [2.45, 2.75) is 24.9 Å². The highest BCUT2D eigenvalue weighted by molar-refractivity contribution is 9.10. The normalized spacial score (nSPS) is 14.5. The third-order valence-corrected chi connectivity index (χ3v) is 7.16. The van der Waals surface area contributed by atoms with Crippen LogP contribution >= 0.6 is 15.9 Å². The second-order valence-electron chi connectivity index (χ2n) is 9.22. The number of anilines is 2. The van der Waals surface area contributed by atoms with Gasteiger partial charge in [0.15, 0.2) is 6.61 Å². The molecule has 0 bridgehead atoms. The average Bonchev–Trinajstić information content (AvgIpc) is 2.92. The van der Waals surface area contributed by atoms with Gasteiger partial charge >= 0.3 is 6.18 Å². The van der Waals surface area contributed by atoms with Gasteiger partial charge in [0.1, 0.15) is 11.4 Å². The number of amides is 1. The minimum atomic E-state index is -4.64. The predicted molar refractivity (Wildman–Crippen MR) is 146 cm³/mol. The van der Waals surface area contributed by atoms with Crippen molar-refractivity contribution in [1.29, 1.82) is 0 Å². The zero-order valence-corrected chi connectivity index (χ0v) is 21.9. The molecule has 0 aliphatic carbocycles. The average molecular weight is 584 g/mol. The Morgan fingerprint density at radius 3 is 2.39 bits per heavy atom. The lowest BCUT2D eigenvalue weighted by atomic mass is 9.89. The number of ether oxygens (including phenoxy) is 1. The van der Waals surface area contributed by atoms with Gasteiger partial charge in [-0.3, -0.25) is 4.79 Å². The molecule has 1 amide bonds. The van der Waals surface area contributed by atoms with Gasteiger partial charge < -0.3 is 15.0 Å². The van der Waals surface area contributed by atoms with Crippen molar-refractivity contribution < 1.29 is 22.7 Å². The van der Waals surface area contributed by atoms with Crippen LogP contribution < -0.4 is 15.0 Å². The Hall–Kier alpha value is -3.59. The quantitative estimate of drug-likeness (QED) is 0.256. The number of nitrogens with zero attached hydrogens (tertiary/aromatic N) is 2. The number of hydrogen-bond acceptors (Lipinski definition) is 4. The molecule has 2 heterocycles. The standard InChI is InChI=1S/C29H25BrF3N3O2/c30-21-6-11-25-24(16-21)26(17-27(35-25)29(31,32)33)38-18-28(37)34-22-7-9-23(10-8-22)36-14-12-20(13-15-36)19-4-2-1-3-5-19/h1-11,16-17,20H,12-15,18H2,(H,34,37). The van der Waals surface area contributed by atoms with E-state index in [1.165, 1.54) is 11.6 Å². The van der Waals surface area contributed by atoms with Gasteiger partial charge in [-0.05, 0) is 66.8 Å². The highest BCUT2D eigenvalue weighted by atomic mass is 79.9. The van der Waals surface area contributed by atoms with Crippen LogP contribution in [0.1, 0.15) is 30.0 Å². The van der Waals surface area contributed by atoms with Gasteiger partial charge in [-0.2, -0.15) is 13.2 Å². The molecular weight excluding hydrogens is 559 g/mol. The summed E-state index contributed by atoms with van der Waals surface area (Å²) in [4.78, 5) is 18.5. The van der Waals surface area contributed by atoms with E-state index in [0.717, 1.165) is 37.7 Å². The number of benzene rings is 3. The fourth-order valence-electron chi connectivity index (χ4n) is 4.72. The number of rotatable bonds is 6. The minimum Gasteiger partial charge on any atom is -0.483 e. The summed E-state index contributed by atoms with van der Waals surface area (Å²) < 4.78 is 46.1. The first kappa shape index (κ1) is 26.0. The monoisotopic (exact) mass is 583 g/mol.